The van der Waals surface area contributed by atoms with Gasteiger partial charge in [0.2, 0.25) is 0 Å². The summed E-state index contributed by atoms with van der Waals surface area (Å²) in [6.07, 6.45) is 6.64. The van der Waals surface area contributed by atoms with Crippen molar-refractivity contribution in [1.82, 2.24) is 14.7 Å². The van der Waals surface area contributed by atoms with Crippen molar-refractivity contribution in [1.29, 1.82) is 0 Å². The van der Waals surface area contributed by atoms with Gasteiger partial charge in [-0.25, -0.2) is 13.4 Å². The number of rotatable bonds is 6. The first-order valence-electron chi connectivity index (χ1n) is 8.99. The van der Waals surface area contributed by atoms with Crippen LogP contribution in [0.2, 0.25) is 0 Å². The van der Waals surface area contributed by atoms with Crippen LogP contribution in [0.4, 0.5) is 0 Å². The number of nitrogens with one attached hydrogen (secondary N) is 1. The fourth-order valence-corrected chi connectivity index (χ4v) is 5.54. The van der Waals surface area contributed by atoms with Crippen LogP contribution in [-0.4, -0.2) is 41.8 Å². The molecule has 1 saturated heterocycles. The van der Waals surface area contributed by atoms with Crippen molar-refractivity contribution in [2.24, 2.45) is 5.92 Å². The van der Waals surface area contributed by atoms with Crippen LogP contribution in [0.25, 0.3) is 5.52 Å². The number of carbonyl (C=O) groups is 1. The van der Waals surface area contributed by atoms with Gasteiger partial charge in [0.05, 0.1) is 17.0 Å². The van der Waals surface area contributed by atoms with Crippen molar-refractivity contribution in [3.8, 4) is 0 Å². The summed E-state index contributed by atoms with van der Waals surface area (Å²) >= 11 is 0. The maximum absolute atomic E-state index is 12.5. The van der Waals surface area contributed by atoms with Gasteiger partial charge in [0.1, 0.15) is 5.82 Å². The third-order valence-electron chi connectivity index (χ3n) is 5.13. The molecule has 1 N–H and O–H groups in total. The molecule has 0 radical (unpaired) electrons. The van der Waals surface area contributed by atoms with Crippen molar-refractivity contribution in [3.05, 3.63) is 35.9 Å². The van der Waals surface area contributed by atoms with Gasteiger partial charge in [-0.05, 0) is 50.2 Å². The minimum Gasteiger partial charge on any atom is -0.351 e. The minimum atomic E-state index is -2.82. The standard InChI is InChI=1S/C18H23N3O3S/c22-18(19-9-3-4-13-8-11-25(23,24)12-13)16-15-5-1-2-10-21(15)17(20-16)14-6-7-14/h1-2,5,10,13-14H,3-4,6-9,11-12H2,(H,19,22). The molecule has 1 amide bonds. The van der Waals surface area contributed by atoms with Gasteiger partial charge in [-0.3, -0.25) is 4.79 Å². The van der Waals surface area contributed by atoms with Crippen molar-refractivity contribution >= 4 is 21.3 Å². The second-order valence-corrected chi connectivity index (χ2v) is 9.44. The first-order chi connectivity index (χ1) is 12.0. The summed E-state index contributed by atoms with van der Waals surface area (Å²) in [6, 6.07) is 5.81. The van der Waals surface area contributed by atoms with E-state index in [4.69, 9.17) is 0 Å². The first kappa shape index (κ1) is 16.6. The fourth-order valence-electron chi connectivity index (χ4n) is 3.63. The number of hydrogen-bond acceptors (Lipinski definition) is 4. The normalized spacial score (nSPS) is 22.3. The summed E-state index contributed by atoms with van der Waals surface area (Å²) in [5.74, 6) is 2.18. The highest BCUT2D eigenvalue weighted by molar-refractivity contribution is 7.91. The minimum absolute atomic E-state index is 0.144. The number of aromatic nitrogens is 2. The quantitative estimate of drug-likeness (QED) is 0.800. The molecule has 3 heterocycles. The summed E-state index contributed by atoms with van der Waals surface area (Å²) in [5.41, 5.74) is 1.34. The molecule has 2 aromatic rings. The van der Waals surface area contributed by atoms with Crippen molar-refractivity contribution in [2.45, 2.75) is 38.0 Å². The van der Waals surface area contributed by atoms with Crippen LogP contribution in [-0.2, 0) is 9.84 Å². The Morgan fingerprint density at radius 1 is 1.28 bits per heavy atom. The zero-order valence-corrected chi connectivity index (χ0v) is 15.0. The molecule has 1 saturated carbocycles. The van der Waals surface area contributed by atoms with E-state index >= 15 is 0 Å². The molecule has 0 bridgehead atoms. The zero-order chi connectivity index (χ0) is 17.4. The SMILES string of the molecule is O=C(NCCCC1CCS(=O)(=O)C1)c1nc(C2CC2)n2ccccc12. The number of sulfone groups is 1. The Hall–Kier alpha value is -1.89. The Kier molecular flexibility index (Phi) is 4.27. The van der Waals surface area contributed by atoms with Crippen molar-refractivity contribution in [2.75, 3.05) is 18.1 Å². The molecule has 134 valence electrons. The van der Waals surface area contributed by atoms with E-state index in [9.17, 15) is 13.2 Å². The molecule has 6 nitrogen and oxygen atoms in total. The van der Waals surface area contributed by atoms with Gasteiger partial charge in [0.25, 0.3) is 5.91 Å². The number of amides is 1. The maximum Gasteiger partial charge on any atom is 0.272 e. The molecule has 2 fully saturated rings. The average Bonchev–Trinajstić information content (AvgIpc) is 3.27. The largest absolute Gasteiger partial charge is 0.351 e. The van der Waals surface area contributed by atoms with E-state index in [1.165, 1.54) is 0 Å². The number of pyridine rings is 1. The lowest BCUT2D eigenvalue weighted by Gasteiger charge is -2.08. The second-order valence-electron chi connectivity index (χ2n) is 7.22. The molecule has 2 aliphatic rings. The summed E-state index contributed by atoms with van der Waals surface area (Å²) < 4.78 is 25.0. The summed E-state index contributed by atoms with van der Waals surface area (Å²) in [5, 5.41) is 2.94. The molecule has 4 rings (SSSR count). The Morgan fingerprint density at radius 2 is 2.12 bits per heavy atom. The molecule has 1 aliphatic carbocycles. The van der Waals surface area contributed by atoms with Gasteiger partial charge < -0.3 is 9.72 Å². The summed E-state index contributed by atoms with van der Waals surface area (Å²) in [7, 11) is -2.82. The topological polar surface area (TPSA) is 80.5 Å². The molecule has 1 unspecified atom stereocenters. The lowest BCUT2D eigenvalue weighted by molar-refractivity contribution is 0.0949. The molecule has 0 spiro atoms. The predicted octanol–water partition coefficient (Wildman–Crippen LogP) is 2.16. The van der Waals surface area contributed by atoms with E-state index in [1.54, 1.807) is 0 Å². The monoisotopic (exact) mass is 361 g/mol. The lowest BCUT2D eigenvalue weighted by Crippen LogP contribution is -2.25. The van der Waals surface area contributed by atoms with E-state index in [0.29, 0.717) is 29.7 Å². The van der Waals surface area contributed by atoms with E-state index in [-0.39, 0.29) is 11.8 Å². The molecule has 1 atom stereocenters. The average molecular weight is 361 g/mol. The Labute approximate surface area is 147 Å². The van der Waals surface area contributed by atoms with Crippen molar-refractivity contribution in [3.63, 3.8) is 0 Å². The van der Waals surface area contributed by atoms with E-state index < -0.39 is 9.84 Å². The highest BCUT2D eigenvalue weighted by Crippen LogP contribution is 2.39. The van der Waals surface area contributed by atoms with Gasteiger partial charge in [-0.2, -0.15) is 0 Å². The number of fused-ring (bicyclic) bond motifs is 1. The second kappa shape index (κ2) is 6.44. The van der Waals surface area contributed by atoms with Crippen LogP contribution in [0.3, 0.4) is 0 Å². The number of imidazole rings is 1. The fraction of sp³-hybridized carbons (Fsp3) is 0.556. The Bertz CT molecular complexity index is 899. The number of hydrogen-bond donors (Lipinski definition) is 1. The predicted molar refractivity (Wildman–Crippen MR) is 95.5 cm³/mol. The summed E-state index contributed by atoms with van der Waals surface area (Å²) in [4.78, 5) is 17.1. The lowest BCUT2D eigenvalue weighted by atomic mass is 10.0. The van der Waals surface area contributed by atoms with Gasteiger partial charge >= 0.3 is 0 Å². The van der Waals surface area contributed by atoms with Crippen LogP contribution in [0, 0.1) is 5.92 Å². The third kappa shape index (κ3) is 3.56. The van der Waals surface area contributed by atoms with Crippen LogP contribution < -0.4 is 5.32 Å². The molecule has 7 heteroatoms. The van der Waals surface area contributed by atoms with Gasteiger partial charge in [0, 0.05) is 18.7 Å². The van der Waals surface area contributed by atoms with Crippen LogP contribution in [0.15, 0.2) is 24.4 Å². The van der Waals surface area contributed by atoms with Gasteiger partial charge in [0.15, 0.2) is 15.5 Å². The van der Waals surface area contributed by atoms with Gasteiger partial charge in [-0.15, -0.1) is 0 Å². The molecule has 2 aromatic heterocycles. The highest BCUT2D eigenvalue weighted by Gasteiger charge is 2.30. The molecule has 0 aromatic carbocycles. The molecular formula is C18H23N3O3S. The Balaban J connectivity index is 1.36. The maximum atomic E-state index is 12.5. The van der Waals surface area contributed by atoms with Crippen LogP contribution >= 0.6 is 0 Å². The molecular weight excluding hydrogens is 338 g/mol. The van der Waals surface area contributed by atoms with Crippen molar-refractivity contribution < 1.29 is 13.2 Å². The zero-order valence-electron chi connectivity index (χ0n) is 14.1. The van der Waals surface area contributed by atoms with E-state index in [1.807, 2.05) is 28.8 Å². The van der Waals surface area contributed by atoms with E-state index in [0.717, 1.165) is 43.4 Å². The molecule has 25 heavy (non-hydrogen) atoms. The Morgan fingerprint density at radius 3 is 2.84 bits per heavy atom. The van der Waals surface area contributed by atoms with Crippen LogP contribution in [0.1, 0.15) is 54.3 Å². The molecule has 1 aliphatic heterocycles. The number of carbonyl (C=O) groups excluding carboxylic acids is 1. The highest BCUT2D eigenvalue weighted by atomic mass is 32.2. The van der Waals surface area contributed by atoms with E-state index in [2.05, 4.69) is 10.3 Å². The third-order valence-corrected chi connectivity index (χ3v) is 6.97. The smallest absolute Gasteiger partial charge is 0.272 e. The number of nitrogens with zero attached hydrogens (tertiary/aromatic N) is 2. The van der Waals surface area contributed by atoms with Crippen LogP contribution in [0.5, 0.6) is 0 Å². The summed E-state index contributed by atoms with van der Waals surface area (Å²) in [6.45, 7) is 0.556. The first-order valence-corrected chi connectivity index (χ1v) is 10.8. The van der Waals surface area contributed by atoms with Gasteiger partial charge in [-0.1, -0.05) is 6.07 Å².